The first-order chi connectivity index (χ1) is 10.3. The Morgan fingerprint density at radius 1 is 1.38 bits per heavy atom. The summed E-state index contributed by atoms with van der Waals surface area (Å²) in [7, 11) is 0. The molecular formula is C16H17N3O2. The first-order valence-corrected chi connectivity index (χ1v) is 7.35. The summed E-state index contributed by atoms with van der Waals surface area (Å²) in [5.74, 6) is 0.292. The van der Waals surface area contributed by atoms with E-state index in [1.807, 2.05) is 23.1 Å². The van der Waals surface area contributed by atoms with Crippen molar-refractivity contribution in [3.63, 3.8) is 0 Å². The minimum atomic E-state index is 0.0376. The van der Waals surface area contributed by atoms with Crippen LogP contribution in [0.3, 0.4) is 0 Å². The summed E-state index contributed by atoms with van der Waals surface area (Å²) in [6, 6.07) is 8.10. The van der Waals surface area contributed by atoms with E-state index in [4.69, 9.17) is 4.74 Å². The maximum atomic E-state index is 12.9. The Kier molecular flexibility index (Phi) is 3.00. The van der Waals surface area contributed by atoms with Gasteiger partial charge in [-0.3, -0.25) is 9.89 Å². The lowest BCUT2D eigenvalue weighted by Crippen LogP contribution is -2.29. The number of ether oxygens (including phenoxy) is 1. The van der Waals surface area contributed by atoms with E-state index in [1.54, 1.807) is 6.20 Å². The fourth-order valence-corrected chi connectivity index (χ4v) is 3.23. The third kappa shape index (κ3) is 2.05. The number of H-pyrrole nitrogens is 1. The van der Waals surface area contributed by atoms with Crippen LogP contribution in [0.15, 0.2) is 30.5 Å². The lowest BCUT2D eigenvalue weighted by Gasteiger charge is -2.18. The predicted octanol–water partition coefficient (Wildman–Crippen LogP) is 2.12. The van der Waals surface area contributed by atoms with E-state index in [0.29, 0.717) is 12.2 Å². The van der Waals surface area contributed by atoms with Gasteiger partial charge in [0.25, 0.3) is 5.91 Å². The molecule has 0 unspecified atom stereocenters. The number of hydrogen-bond acceptors (Lipinski definition) is 3. The topological polar surface area (TPSA) is 58.2 Å². The first kappa shape index (κ1) is 12.6. The second kappa shape index (κ2) is 5.00. The van der Waals surface area contributed by atoms with Crippen LogP contribution in [0.4, 0.5) is 5.69 Å². The van der Waals surface area contributed by atoms with Gasteiger partial charge >= 0.3 is 0 Å². The van der Waals surface area contributed by atoms with E-state index in [2.05, 4.69) is 16.3 Å². The van der Waals surface area contributed by atoms with Crippen molar-refractivity contribution in [1.82, 2.24) is 10.2 Å². The van der Waals surface area contributed by atoms with E-state index in [0.717, 1.165) is 37.4 Å². The molecule has 1 atom stereocenters. The Bertz CT molecular complexity index is 674. The number of carbonyl (C=O) groups excluding carboxylic acids is 1. The molecule has 3 heterocycles. The van der Waals surface area contributed by atoms with Crippen LogP contribution in [0, 0.1) is 0 Å². The van der Waals surface area contributed by atoms with Crippen molar-refractivity contribution in [3.05, 3.63) is 47.3 Å². The molecule has 0 saturated carbocycles. The monoisotopic (exact) mass is 283 g/mol. The fraction of sp³-hybridized carbons (Fsp3) is 0.375. The molecule has 2 aliphatic heterocycles. The van der Waals surface area contributed by atoms with Gasteiger partial charge in [0.05, 0.1) is 24.1 Å². The normalized spacial score (nSPS) is 20.8. The molecule has 5 heteroatoms. The van der Waals surface area contributed by atoms with Crippen molar-refractivity contribution >= 4 is 11.6 Å². The molecule has 5 nitrogen and oxygen atoms in total. The number of anilines is 1. The quantitative estimate of drug-likeness (QED) is 0.918. The number of aromatic amines is 1. The van der Waals surface area contributed by atoms with Crippen LogP contribution >= 0.6 is 0 Å². The van der Waals surface area contributed by atoms with Gasteiger partial charge in [-0.15, -0.1) is 0 Å². The SMILES string of the molecule is O=C(c1cn[nH]c1[C@@H]1CCOC1)N1CCc2ccccc21. The van der Waals surface area contributed by atoms with Crippen LogP contribution in [-0.2, 0) is 11.2 Å². The zero-order valence-electron chi connectivity index (χ0n) is 11.7. The number of fused-ring (bicyclic) bond motifs is 1. The maximum Gasteiger partial charge on any atom is 0.261 e. The van der Waals surface area contributed by atoms with Crippen LogP contribution in [-0.4, -0.2) is 35.9 Å². The van der Waals surface area contributed by atoms with Crippen LogP contribution in [0.1, 0.15) is 34.0 Å². The number of amides is 1. The van der Waals surface area contributed by atoms with Gasteiger partial charge in [-0.1, -0.05) is 18.2 Å². The zero-order valence-corrected chi connectivity index (χ0v) is 11.7. The molecule has 1 fully saturated rings. The molecule has 0 radical (unpaired) electrons. The molecule has 1 aromatic heterocycles. The van der Waals surface area contributed by atoms with E-state index in [1.165, 1.54) is 5.56 Å². The number of para-hydroxylation sites is 1. The van der Waals surface area contributed by atoms with E-state index in [9.17, 15) is 4.79 Å². The zero-order chi connectivity index (χ0) is 14.2. The Labute approximate surface area is 122 Å². The third-order valence-corrected chi connectivity index (χ3v) is 4.37. The van der Waals surface area contributed by atoms with Crippen LogP contribution in [0.5, 0.6) is 0 Å². The standard InChI is InChI=1S/C16H17N3O2/c20-16(19-7-5-11-3-1-2-4-14(11)19)13-9-17-18-15(13)12-6-8-21-10-12/h1-4,9,12H,5-8,10H2,(H,17,18)/t12-/m1/s1. The average molecular weight is 283 g/mol. The number of rotatable bonds is 2. The third-order valence-electron chi connectivity index (χ3n) is 4.37. The van der Waals surface area contributed by atoms with E-state index < -0.39 is 0 Å². The summed E-state index contributed by atoms with van der Waals surface area (Å²) >= 11 is 0. The summed E-state index contributed by atoms with van der Waals surface area (Å²) in [6.07, 6.45) is 3.51. The van der Waals surface area contributed by atoms with Crippen molar-refractivity contribution in [1.29, 1.82) is 0 Å². The van der Waals surface area contributed by atoms with Crippen LogP contribution in [0.25, 0.3) is 0 Å². The number of hydrogen-bond donors (Lipinski definition) is 1. The van der Waals surface area contributed by atoms with Crippen molar-refractivity contribution < 1.29 is 9.53 Å². The summed E-state index contributed by atoms with van der Waals surface area (Å²) in [6.45, 7) is 2.16. The Hall–Kier alpha value is -2.14. The lowest BCUT2D eigenvalue weighted by molar-refractivity contribution is 0.0988. The van der Waals surface area contributed by atoms with E-state index >= 15 is 0 Å². The van der Waals surface area contributed by atoms with Gasteiger partial charge in [0.2, 0.25) is 0 Å². The van der Waals surface area contributed by atoms with E-state index in [-0.39, 0.29) is 11.8 Å². The summed E-state index contributed by atoms with van der Waals surface area (Å²) < 4.78 is 5.42. The van der Waals surface area contributed by atoms with Crippen molar-refractivity contribution in [3.8, 4) is 0 Å². The Morgan fingerprint density at radius 2 is 2.29 bits per heavy atom. The summed E-state index contributed by atoms with van der Waals surface area (Å²) in [4.78, 5) is 14.7. The highest BCUT2D eigenvalue weighted by atomic mass is 16.5. The molecule has 4 rings (SSSR count). The molecule has 0 spiro atoms. The summed E-state index contributed by atoms with van der Waals surface area (Å²) in [5.41, 5.74) is 3.86. The van der Waals surface area contributed by atoms with Crippen molar-refractivity contribution in [2.45, 2.75) is 18.8 Å². The number of aromatic nitrogens is 2. The van der Waals surface area contributed by atoms with Gasteiger partial charge in [0, 0.05) is 24.8 Å². The van der Waals surface area contributed by atoms with Crippen LogP contribution in [0.2, 0.25) is 0 Å². The number of carbonyl (C=O) groups is 1. The maximum absolute atomic E-state index is 12.9. The Balaban J connectivity index is 1.66. The van der Waals surface area contributed by atoms with Gasteiger partial charge in [-0.25, -0.2) is 0 Å². The van der Waals surface area contributed by atoms with Gasteiger partial charge in [-0.05, 0) is 24.5 Å². The molecule has 2 aliphatic rings. The smallest absolute Gasteiger partial charge is 0.261 e. The van der Waals surface area contributed by atoms with Crippen molar-refractivity contribution in [2.24, 2.45) is 0 Å². The minimum absolute atomic E-state index is 0.0376. The molecule has 2 aromatic rings. The molecule has 1 amide bonds. The lowest BCUT2D eigenvalue weighted by atomic mass is 10.0. The summed E-state index contributed by atoms with van der Waals surface area (Å²) in [5, 5.41) is 7.09. The minimum Gasteiger partial charge on any atom is -0.381 e. The highest BCUT2D eigenvalue weighted by Crippen LogP contribution is 2.31. The molecule has 0 bridgehead atoms. The number of benzene rings is 1. The van der Waals surface area contributed by atoms with Crippen LogP contribution < -0.4 is 4.90 Å². The molecule has 1 aromatic carbocycles. The number of nitrogens with one attached hydrogen (secondary N) is 1. The fourth-order valence-electron chi connectivity index (χ4n) is 3.23. The van der Waals surface area contributed by atoms with Gasteiger partial charge in [0.15, 0.2) is 0 Å². The molecule has 108 valence electrons. The van der Waals surface area contributed by atoms with Gasteiger partial charge in [0.1, 0.15) is 0 Å². The molecule has 21 heavy (non-hydrogen) atoms. The molecule has 0 aliphatic carbocycles. The Morgan fingerprint density at radius 3 is 3.14 bits per heavy atom. The first-order valence-electron chi connectivity index (χ1n) is 7.35. The van der Waals surface area contributed by atoms with Crippen molar-refractivity contribution in [2.75, 3.05) is 24.7 Å². The van der Waals surface area contributed by atoms with Gasteiger partial charge in [-0.2, -0.15) is 5.10 Å². The predicted molar refractivity (Wildman–Crippen MR) is 78.6 cm³/mol. The second-order valence-electron chi connectivity index (χ2n) is 5.59. The second-order valence-corrected chi connectivity index (χ2v) is 5.59. The molecule has 1 N–H and O–H groups in total. The van der Waals surface area contributed by atoms with Gasteiger partial charge < -0.3 is 9.64 Å². The number of nitrogens with zero attached hydrogens (tertiary/aromatic N) is 2. The highest BCUT2D eigenvalue weighted by Gasteiger charge is 2.30. The highest BCUT2D eigenvalue weighted by molar-refractivity contribution is 6.07. The largest absolute Gasteiger partial charge is 0.381 e. The molecular weight excluding hydrogens is 266 g/mol. The average Bonchev–Trinajstić information content (AvgIpc) is 3.25. The molecule has 1 saturated heterocycles.